The Balaban J connectivity index is 1.53. The van der Waals surface area contributed by atoms with Gasteiger partial charge in [-0.25, -0.2) is 9.97 Å². The number of hydrogen-bond donors (Lipinski definition) is 2. The van der Waals surface area contributed by atoms with Crippen molar-refractivity contribution in [2.45, 2.75) is 0 Å². The first-order chi connectivity index (χ1) is 16.0. The van der Waals surface area contributed by atoms with Gasteiger partial charge in [0.05, 0.1) is 35.8 Å². The van der Waals surface area contributed by atoms with Gasteiger partial charge >= 0.3 is 0 Å². The van der Waals surface area contributed by atoms with E-state index in [0.29, 0.717) is 60.6 Å². The van der Waals surface area contributed by atoms with E-state index in [4.69, 9.17) is 49.6 Å². The number of benzene rings is 3. The summed E-state index contributed by atoms with van der Waals surface area (Å²) in [5, 5.41) is 8.21. The van der Waals surface area contributed by atoms with E-state index in [9.17, 15) is 0 Å². The van der Waals surface area contributed by atoms with Gasteiger partial charge in [0.2, 0.25) is 5.88 Å². The van der Waals surface area contributed by atoms with E-state index in [2.05, 4.69) is 20.6 Å². The first-order valence-electron chi connectivity index (χ1n) is 9.64. The Morgan fingerprint density at radius 3 is 2.45 bits per heavy atom. The molecule has 0 unspecified atom stereocenters. The van der Waals surface area contributed by atoms with E-state index in [1.165, 1.54) is 6.33 Å². The molecule has 0 saturated carbocycles. The highest BCUT2D eigenvalue weighted by atomic mass is 35.5. The molecule has 7 nitrogen and oxygen atoms in total. The number of nitrogens with one attached hydrogen (secondary N) is 2. The van der Waals surface area contributed by atoms with Gasteiger partial charge in [-0.1, -0.05) is 29.3 Å². The number of hydrogen-bond acceptors (Lipinski definition) is 6. The monoisotopic (exact) mass is 500 g/mol. The zero-order valence-corrected chi connectivity index (χ0v) is 19.9. The van der Waals surface area contributed by atoms with Crippen LogP contribution in [0.3, 0.4) is 0 Å². The highest BCUT2D eigenvalue weighted by Crippen LogP contribution is 2.36. The van der Waals surface area contributed by atoms with E-state index in [1.807, 2.05) is 18.2 Å². The maximum atomic E-state index is 6.20. The minimum Gasteiger partial charge on any atom is -0.493 e. The van der Waals surface area contributed by atoms with Crippen molar-refractivity contribution >= 4 is 62.8 Å². The van der Waals surface area contributed by atoms with Crippen LogP contribution >= 0.6 is 35.4 Å². The Labute approximate surface area is 205 Å². The highest BCUT2D eigenvalue weighted by Gasteiger charge is 2.13. The predicted molar refractivity (Wildman–Crippen MR) is 135 cm³/mol. The standard InChI is InChI=1S/C23H18Cl2N4O3S/c1-30-20-10-16-19(11-21(20)31-2)26-12-27-22(16)32-15-5-3-4-14(9-15)28-23(33)29-18-7-6-13(24)8-17(18)25/h3-12H,1-2H3,(H2,28,29,33). The number of halogens is 2. The summed E-state index contributed by atoms with van der Waals surface area (Å²) >= 11 is 17.5. The lowest BCUT2D eigenvalue weighted by Gasteiger charge is -2.14. The summed E-state index contributed by atoms with van der Waals surface area (Å²) in [4.78, 5) is 8.58. The Bertz CT molecular complexity index is 1340. The summed E-state index contributed by atoms with van der Waals surface area (Å²) in [5.74, 6) is 2.06. The highest BCUT2D eigenvalue weighted by molar-refractivity contribution is 7.80. The molecule has 1 heterocycles. The minimum absolute atomic E-state index is 0.362. The number of ether oxygens (including phenoxy) is 3. The van der Waals surface area contributed by atoms with Crippen molar-refractivity contribution < 1.29 is 14.2 Å². The molecule has 3 aromatic carbocycles. The summed E-state index contributed by atoms with van der Waals surface area (Å²) in [6.45, 7) is 0. The number of rotatable bonds is 6. The fourth-order valence-corrected chi connectivity index (χ4v) is 3.75. The number of nitrogens with zero attached hydrogens (tertiary/aromatic N) is 2. The fourth-order valence-electron chi connectivity index (χ4n) is 3.07. The number of aromatic nitrogens is 2. The molecule has 10 heteroatoms. The van der Waals surface area contributed by atoms with E-state index in [1.54, 1.807) is 50.6 Å². The number of fused-ring (bicyclic) bond motifs is 1. The normalized spacial score (nSPS) is 10.5. The molecule has 1 aromatic heterocycles. The summed E-state index contributed by atoms with van der Waals surface area (Å²) < 4.78 is 16.8. The number of anilines is 2. The van der Waals surface area contributed by atoms with Crippen LogP contribution in [-0.4, -0.2) is 29.3 Å². The number of thiocarbonyl (C=S) groups is 1. The smallest absolute Gasteiger partial charge is 0.230 e. The molecule has 0 atom stereocenters. The third-order valence-corrected chi connectivity index (χ3v) is 5.34. The maximum absolute atomic E-state index is 6.20. The van der Waals surface area contributed by atoms with Gasteiger partial charge in [-0.05, 0) is 48.6 Å². The Morgan fingerprint density at radius 1 is 0.909 bits per heavy atom. The maximum Gasteiger partial charge on any atom is 0.230 e. The second-order valence-corrected chi connectivity index (χ2v) is 7.99. The van der Waals surface area contributed by atoms with E-state index in [0.717, 1.165) is 0 Å². The molecule has 0 amide bonds. The van der Waals surface area contributed by atoms with Gasteiger partial charge in [0.25, 0.3) is 0 Å². The van der Waals surface area contributed by atoms with Crippen LogP contribution in [0.4, 0.5) is 11.4 Å². The van der Waals surface area contributed by atoms with Gasteiger partial charge in [-0.15, -0.1) is 0 Å². The van der Waals surface area contributed by atoms with Crippen molar-refractivity contribution in [1.29, 1.82) is 0 Å². The summed E-state index contributed by atoms with van der Waals surface area (Å²) in [7, 11) is 3.14. The lowest BCUT2D eigenvalue weighted by Crippen LogP contribution is -2.19. The van der Waals surface area contributed by atoms with Crippen molar-refractivity contribution in [2.75, 3.05) is 24.9 Å². The quantitative estimate of drug-likeness (QED) is 0.288. The molecular weight excluding hydrogens is 483 g/mol. The lowest BCUT2D eigenvalue weighted by molar-refractivity contribution is 0.355. The van der Waals surface area contributed by atoms with Gasteiger partial charge in [0.15, 0.2) is 16.6 Å². The van der Waals surface area contributed by atoms with E-state index in [-0.39, 0.29) is 0 Å². The summed E-state index contributed by atoms with van der Waals surface area (Å²) in [6, 6.07) is 16.0. The SMILES string of the molecule is COc1cc2ncnc(Oc3cccc(NC(=S)Nc4ccc(Cl)cc4Cl)c3)c2cc1OC. The molecule has 0 aliphatic rings. The predicted octanol–water partition coefficient (Wildman–Crippen LogP) is 6.56. The molecule has 0 spiro atoms. The van der Waals surface area contributed by atoms with Crippen LogP contribution in [0.25, 0.3) is 10.9 Å². The van der Waals surface area contributed by atoms with Gasteiger partial charge in [0.1, 0.15) is 12.1 Å². The fraction of sp³-hybridized carbons (Fsp3) is 0.0870. The van der Waals surface area contributed by atoms with Crippen molar-refractivity contribution in [2.24, 2.45) is 0 Å². The minimum atomic E-state index is 0.362. The molecule has 0 radical (unpaired) electrons. The molecule has 4 rings (SSSR count). The molecule has 0 fully saturated rings. The second-order valence-electron chi connectivity index (χ2n) is 6.74. The Kier molecular flexibility index (Phi) is 6.98. The third-order valence-electron chi connectivity index (χ3n) is 4.59. The molecular formula is C23H18Cl2N4O3S. The van der Waals surface area contributed by atoms with Crippen LogP contribution < -0.4 is 24.8 Å². The van der Waals surface area contributed by atoms with Gasteiger partial charge in [0, 0.05) is 22.8 Å². The zero-order valence-electron chi connectivity index (χ0n) is 17.6. The van der Waals surface area contributed by atoms with Crippen molar-refractivity contribution in [1.82, 2.24) is 9.97 Å². The molecule has 4 aromatic rings. The van der Waals surface area contributed by atoms with Crippen LogP contribution in [0.1, 0.15) is 0 Å². The average molecular weight is 501 g/mol. The Hall–Kier alpha value is -3.33. The average Bonchev–Trinajstić information content (AvgIpc) is 2.80. The van der Waals surface area contributed by atoms with Crippen LogP contribution in [0.15, 0.2) is 60.9 Å². The van der Waals surface area contributed by atoms with Gasteiger partial charge in [-0.3, -0.25) is 0 Å². The van der Waals surface area contributed by atoms with Crippen molar-refractivity contribution in [3.8, 4) is 23.1 Å². The van der Waals surface area contributed by atoms with E-state index >= 15 is 0 Å². The topological polar surface area (TPSA) is 77.5 Å². The molecule has 0 saturated heterocycles. The summed E-state index contributed by atoms with van der Waals surface area (Å²) in [6.07, 6.45) is 1.43. The first-order valence-corrected chi connectivity index (χ1v) is 10.8. The zero-order chi connectivity index (χ0) is 23.4. The number of methoxy groups -OCH3 is 2. The first kappa shape index (κ1) is 22.8. The van der Waals surface area contributed by atoms with Crippen LogP contribution in [0, 0.1) is 0 Å². The van der Waals surface area contributed by atoms with Crippen LogP contribution in [0.5, 0.6) is 23.1 Å². The molecule has 0 aliphatic heterocycles. The van der Waals surface area contributed by atoms with Crippen molar-refractivity contribution in [3.05, 3.63) is 71.0 Å². The van der Waals surface area contributed by atoms with Crippen LogP contribution in [0.2, 0.25) is 10.0 Å². The second kappa shape index (κ2) is 10.1. The van der Waals surface area contributed by atoms with Gasteiger partial charge in [-0.2, -0.15) is 0 Å². The molecule has 33 heavy (non-hydrogen) atoms. The van der Waals surface area contributed by atoms with Gasteiger partial charge < -0.3 is 24.8 Å². The van der Waals surface area contributed by atoms with E-state index < -0.39 is 0 Å². The lowest BCUT2D eigenvalue weighted by atomic mass is 10.2. The molecule has 0 bridgehead atoms. The Morgan fingerprint density at radius 2 is 1.70 bits per heavy atom. The largest absolute Gasteiger partial charge is 0.493 e. The molecule has 2 N–H and O–H groups in total. The third kappa shape index (κ3) is 5.36. The summed E-state index contributed by atoms with van der Waals surface area (Å²) in [5.41, 5.74) is 2.02. The molecule has 168 valence electrons. The van der Waals surface area contributed by atoms with Crippen molar-refractivity contribution in [3.63, 3.8) is 0 Å². The molecule has 0 aliphatic carbocycles. The van der Waals surface area contributed by atoms with Crippen LogP contribution in [-0.2, 0) is 0 Å².